The first-order valence-corrected chi connectivity index (χ1v) is 17.3. The van der Waals surface area contributed by atoms with Crippen molar-refractivity contribution in [3.63, 3.8) is 0 Å². The number of allylic oxidation sites excluding steroid dienone is 3. The summed E-state index contributed by atoms with van der Waals surface area (Å²) >= 11 is 0. The van der Waals surface area contributed by atoms with Crippen molar-refractivity contribution in [2.75, 3.05) is 56.1 Å². The molecule has 1 atom stereocenters. The minimum Gasteiger partial charge on any atom is -0.372 e. The molecule has 6 nitrogen and oxygen atoms in total. The van der Waals surface area contributed by atoms with Crippen LogP contribution in [0, 0.1) is 12.8 Å². The molecule has 6 heteroatoms. The average molecular weight is 579 g/mol. The third-order valence-corrected chi connectivity index (χ3v) is 9.91. The summed E-state index contributed by atoms with van der Waals surface area (Å²) in [6.45, 7) is 13.7. The first-order chi connectivity index (χ1) is 20.5. The third-order valence-electron chi connectivity index (χ3n) is 9.91. The molecule has 0 amide bonds. The summed E-state index contributed by atoms with van der Waals surface area (Å²) in [5.41, 5.74) is 13.7. The predicted molar refractivity (Wildman–Crippen MR) is 182 cm³/mol. The summed E-state index contributed by atoms with van der Waals surface area (Å²) in [4.78, 5) is 7.70. The lowest BCUT2D eigenvalue weighted by molar-refractivity contribution is 0.225. The molecule has 3 aliphatic rings. The van der Waals surface area contributed by atoms with Crippen molar-refractivity contribution in [1.82, 2.24) is 15.5 Å². The largest absolute Gasteiger partial charge is 0.372 e. The van der Waals surface area contributed by atoms with Crippen LogP contribution >= 0.6 is 0 Å². The fraction of sp³-hybridized carbons (Fsp3) is 0.722. The van der Waals surface area contributed by atoms with Crippen molar-refractivity contribution in [2.45, 2.75) is 117 Å². The Hall–Kier alpha value is -2.02. The van der Waals surface area contributed by atoms with E-state index in [4.69, 9.17) is 5.73 Å². The Morgan fingerprint density at radius 2 is 1.69 bits per heavy atom. The van der Waals surface area contributed by atoms with E-state index in [9.17, 15) is 0 Å². The fourth-order valence-corrected chi connectivity index (χ4v) is 7.54. The highest BCUT2D eigenvalue weighted by atomic mass is 15.2. The van der Waals surface area contributed by atoms with Gasteiger partial charge in [-0.1, -0.05) is 24.6 Å². The standard InChI is InChI=1S/C36H62N6/c1-5-7-20-40(4)35-29(3)26-34(42-24-12-9-13-25-42)28-31(35)27-30-16-18-33(19-17-30)39-36(37)38-32(6-2)15-14-23-41-21-10-8-11-22-41/h5-7,26,28,30,33,36,38-39H,8-25,27,37H2,1-4H3/b7-5+,32-6-. The summed E-state index contributed by atoms with van der Waals surface area (Å²) in [6, 6.07) is 5.47. The zero-order valence-corrected chi connectivity index (χ0v) is 27.5. The molecular weight excluding hydrogens is 516 g/mol. The van der Waals surface area contributed by atoms with Crippen molar-refractivity contribution in [2.24, 2.45) is 11.7 Å². The molecule has 1 aromatic rings. The van der Waals surface area contributed by atoms with E-state index in [1.807, 2.05) is 0 Å². The zero-order chi connectivity index (χ0) is 29.7. The number of aryl methyl sites for hydroxylation is 1. The van der Waals surface area contributed by atoms with Gasteiger partial charge in [-0.2, -0.15) is 0 Å². The second-order valence-electron chi connectivity index (χ2n) is 13.3. The van der Waals surface area contributed by atoms with Crippen LogP contribution in [-0.2, 0) is 6.42 Å². The molecule has 4 N–H and O–H groups in total. The summed E-state index contributed by atoms with van der Waals surface area (Å²) in [7, 11) is 2.26. The van der Waals surface area contributed by atoms with Gasteiger partial charge in [0.25, 0.3) is 0 Å². The van der Waals surface area contributed by atoms with E-state index in [-0.39, 0.29) is 6.29 Å². The van der Waals surface area contributed by atoms with Gasteiger partial charge in [-0.05, 0) is 147 Å². The van der Waals surface area contributed by atoms with Crippen molar-refractivity contribution >= 4 is 11.4 Å². The maximum absolute atomic E-state index is 6.56. The minimum atomic E-state index is -0.177. The molecular formula is C36H62N6. The van der Waals surface area contributed by atoms with E-state index in [0.29, 0.717) is 6.04 Å². The summed E-state index contributed by atoms with van der Waals surface area (Å²) in [5.74, 6) is 0.734. The van der Waals surface area contributed by atoms with Gasteiger partial charge in [0.15, 0.2) is 0 Å². The molecule has 0 radical (unpaired) electrons. The molecule has 4 rings (SSSR count). The number of nitrogens with one attached hydrogen (secondary N) is 2. The second-order valence-corrected chi connectivity index (χ2v) is 13.3. The lowest BCUT2D eigenvalue weighted by atomic mass is 9.81. The number of hydrogen-bond acceptors (Lipinski definition) is 6. The van der Waals surface area contributed by atoms with E-state index >= 15 is 0 Å². The van der Waals surface area contributed by atoms with Gasteiger partial charge in [0.2, 0.25) is 0 Å². The molecule has 1 aromatic carbocycles. The minimum absolute atomic E-state index is 0.177. The van der Waals surface area contributed by atoms with Gasteiger partial charge in [-0.3, -0.25) is 11.1 Å². The molecule has 236 valence electrons. The third kappa shape index (κ3) is 10.0. The van der Waals surface area contributed by atoms with E-state index < -0.39 is 0 Å². The molecule has 0 bridgehead atoms. The van der Waals surface area contributed by atoms with Crippen LogP contribution in [0.4, 0.5) is 11.4 Å². The number of likely N-dealkylation sites (N-methyl/N-ethyl adjacent to an activating group) is 1. The highest BCUT2D eigenvalue weighted by Gasteiger charge is 2.25. The molecule has 0 aromatic heterocycles. The first-order valence-electron chi connectivity index (χ1n) is 17.3. The van der Waals surface area contributed by atoms with Gasteiger partial charge in [0, 0.05) is 49.8 Å². The molecule has 2 aliphatic heterocycles. The Morgan fingerprint density at radius 3 is 2.36 bits per heavy atom. The van der Waals surface area contributed by atoms with Crippen LogP contribution in [0.5, 0.6) is 0 Å². The fourth-order valence-electron chi connectivity index (χ4n) is 7.54. The monoisotopic (exact) mass is 579 g/mol. The molecule has 2 saturated heterocycles. The molecule has 1 aliphatic carbocycles. The Balaban J connectivity index is 1.28. The highest BCUT2D eigenvalue weighted by molar-refractivity contribution is 5.67. The number of benzene rings is 1. The van der Waals surface area contributed by atoms with Crippen molar-refractivity contribution in [1.29, 1.82) is 0 Å². The molecule has 1 unspecified atom stereocenters. The molecule has 0 spiro atoms. The SMILES string of the molecule is C/C=C(/CCCN1CCCCC1)NC(N)NC1CCC(Cc2cc(N3CCCCC3)cc(C)c2N(C)C/C=C/C)CC1. The highest BCUT2D eigenvalue weighted by Crippen LogP contribution is 2.36. The molecule has 1 saturated carbocycles. The number of nitrogens with zero attached hydrogens (tertiary/aromatic N) is 3. The number of rotatable bonds is 14. The van der Waals surface area contributed by atoms with Crippen LogP contribution in [0.15, 0.2) is 36.1 Å². The maximum atomic E-state index is 6.56. The quantitative estimate of drug-likeness (QED) is 0.169. The lowest BCUT2D eigenvalue weighted by Crippen LogP contribution is -2.53. The van der Waals surface area contributed by atoms with Crippen molar-refractivity contribution in [3.8, 4) is 0 Å². The number of nitrogens with two attached hydrogens (primary N) is 1. The van der Waals surface area contributed by atoms with Gasteiger partial charge < -0.3 is 20.0 Å². The Bertz CT molecular complexity index is 983. The van der Waals surface area contributed by atoms with Gasteiger partial charge in [0.05, 0.1) is 0 Å². The number of likely N-dealkylation sites (tertiary alicyclic amines) is 1. The Morgan fingerprint density at radius 1 is 1.00 bits per heavy atom. The van der Waals surface area contributed by atoms with Gasteiger partial charge in [-0.15, -0.1) is 0 Å². The lowest BCUT2D eigenvalue weighted by Gasteiger charge is -2.34. The second kappa shape index (κ2) is 17.3. The average Bonchev–Trinajstić information content (AvgIpc) is 3.01. The van der Waals surface area contributed by atoms with E-state index in [2.05, 4.69) is 83.5 Å². The van der Waals surface area contributed by atoms with Crippen LogP contribution in [0.2, 0.25) is 0 Å². The normalized spacial score (nSPS) is 23.4. The van der Waals surface area contributed by atoms with Crippen LogP contribution in [0.1, 0.15) is 102 Å². The number of hydrogen-bond donors (Lipinski definition) is 3. The van der Waals surface area contributed by atoms with Crippen LogP contribution in [-0.4, -0.2) is 63.5 Å². The first kappa shape index (κ1) is 32.9. The van der Waals surface area contributed by atoms with Crippen molar-refractivity contribution in [3.05, 3.63) is 47.2 Å². The topological polar surface area (TPSA) is 59.8 Å². The van der Waals surface area contributed by atoms with E-state index in [1.54, 1.807) is 5.56 Å². The summed E-state index contributed by atoms with van der Waals surface area (Å²) in [6.07, 6.45) is 23.0. The number of piperidine rings is 2. The summed E-state index contributed by atoms with van der Waals surface area (Å²) in [5, 5.41) is 7.29. The smallest absolute Gasteiger partial charge is 0.129 e. The van der Waals surface area contributed by atoms with E-state index in [1.165, 1.54) is 132 Å². The van der Waals surface area contributed by atoms with Gasteiger partial charge >= 0.3 is 0 Å². The van der Waals surface area contributed by atoms with Crippen LogP contribution in [0.3, 0.4) is 0 Å². The molecule has 2 heterocycles. The maximum Gasteiger partial charge on any atom is 0.129 e. The van der Waals surface area contributed by atoms with Crippen LogP contribution < -0.4 is 26.2 Å². The van der Waals surface area contributed by atoms with E-state index in [0.717, 1.165) is 18.9 Å². The molecule has 42 heavy (non-hydrogen) atoms. The predicted octanol–water partition coefficient (Wildman–Crippen LogP) is 6.69. The Labute approximate surface area is 258 Å². The summed E-state index contributed by atoms with van der Waals surface area (Å²) < 4.78 is 0. The van der Waals surface area contributed by atoms with Gasteiger partial charge in [0.1, 0.15) is 6.29 Å². The number of anilines is 2. The Kier molecular flexibility index (Phi) is 13.6. The molecule has 3 fully saturated rings. The zero-order valence-electron chi connectivity index (χ0n) is 27.5. The van der Waals surface area contributed by atoms with Crippen LogP contribution in [0.25, 0.3) is 0 Å². The van der Waals surface area contributed by atoms with Crippen molar-refractivity contribution < 1.29 is 0 Å². The van der Waals surface area contributed by atoms with Gasteiger partial charge in [-0.25, -0.2) is 0 Å².